The van der Waals surface area contributed by atoms with E-state index in [4.69, 9.17) is 11.6 Å². The van der Waals surface area contributed by atoms with E-state index in [0.29, 0.717) is 10.7 Å². The quantitative estimate of drug-likeness (QED) is 0.875. The highest BCUT2D eigenvalue weighted by atomic mass is 35.5. The van der Waals surface area contributed by atoms with Crippen LogP contribution in [0, 0.1) is 6.92 Å². The summed E-state index contributed by atoms with van der Waals surface area (Å²) in [5.74, 6) is -0.429. The molecule has 0 fully saturated rings. The summed E-state index contributed by atoms with van der Waals surface area (Å²) in [5.41, 5.74) is 1.80. The topological polar surface area (TPSA) is 62.2 Å². The zero-order valence-electron chi connectivity index (χ0n) is 9.64. The van der Waals surface area contributed by atoms with Gasteiger partial charge in [-0.3, -0.25) is 9.78 Å². The van der Waals surface area contributed by atoms with Crippen LogP contribution in [0.1, 0.15) is 15.9 Å². The van der Waals surface area contributed by atoms with Crippen molar-refractivity contribution in [2.45, 2.75) is 6.92 Å². The predicted molar refractivity (Wildman–Crippen MR) is 70.0 cm³/mol. The van der Waals surface area contributed by atoms with Crippen molar-refractivity contribution < 1.29 is 9.90 Å². The van der Waals surface area contributed by atoms with E-state index >= 15 is 0 Å². The summed E-state index contributed by atoms with van der Waals surface area (Å²) in [6.07, 6.45) is 2.63. The Bertz CT molecular complexity index is 599. The smallest absolute Gasteiger partial charge is 0.257 e. The fraction of sp³-hybridized carbons (Fsp3) is 0.0769. The summed E-state index contributed by atoms with van der Waals surface area (Å²) in [5, 5.41) is 12.4. The second kappa shape index (κ2) is 5.06. The van der Waals surface area contributed by atoms with Crippen molar-refractivity contribution in [1.82, 2.24) is 4.98 Å². The van der Waals surface area contributed by atoms with Crippen LogP contribution in [0.2, 0.25) is 5.02 Å². The summed E-state index contributed by atoms with van der Waals surface area (Å²) in [7, 11) is 0. The van der Waals surface area contributed by atoms with E-state index in [-0.39, 0.29) is 17.2 Å². The zero-order valence-corrected chi connectivity index (χ0v) is 10.4. The number of benzene rings is 1. The Morgan fingerprint density at radius 1 is 1.33 bits per heavy atom. The van der Waals surface area contributed by atoms with Gasteiger partial charge in [-0.1, -0.05) is 17.7 Å². The molecule has 0 spiro atoms. The molecule has 2 rings (SSSR count). The number of carbonyl (C=O) groups excluding carboxylic acids is 1. The monoisotopic (exact) mass is 262 g/mol. The number of hydrogen-bond donors (Lipinski definition) is 2. The van der Waals surface area contributed by atoms with Crippen LogP contribution in [0.3, 0.4) is 0 Å². The summed E-state index contributed by atoms with van der Waals surface area (Å²) >= 11 is 6.01. The molecule has 0 aliphatic rings. The fourth-order valence-corrected chi connectivity index (χ4v) is 1.75. The van der Waals surface area contributed by atoms with Crippen LogP contribution in [0.25, 0.3) is 0 Å². The summed E-state index contributed by atoms with van der Waals surface area (Å²) in [4.78, 5) is 15.6. The Morgan fingerprint density at radius 2 is 2.11 bits per heavy atom. The molecule has 0 bridgehead atoms. The summed E-state index contributed by atoms with van der Waals surface area (Å²) in [6, 6.07) is 6.68. The molecule has 0 aliphatic heterocycles. The Hall–Kier alpha value is -2.07. The fourth-order valence-electron chi connectivity index (χ4n) is 1.47. The lowest BCUT2D eigenvalue weighted by Crippen LogP contribution is -2.12. The minimum absolute atomic E-state index is 0.0577. The van der Waals surface area contributed by atoms with Crippen molar-refractivity contribution >= 4 is 23.2 Å². The number of aromatic nitrogens is 1. The predicted octanol–water partition coefficient (Wildman–Crippen LogP) is 3.00. The molecule has 18 heavy (non-hydrogen) atoms. The number of hydrogen-bond acceptors (Lipinski definition) is 3. The number of anilines is 1. The van der Waals surface area contributed by atoms with Gasteiger partial charge in [0.1, 0.15) is 5.75 Å². The lowest BCUT2D eigenvalue weighted by atomic mass is 10.2. The lowest BCUT2D eigenvalue weighted by molar-refractivity contribution is 0.102. The van der Waals surface area contributed by atoms with E-state index in [1.54, 1.807) is 12.1 Å². The Kier molecular flexibility index (Phi) is 3.48. The van der Waals surface area contributed by atoms with Gasteiger partial charge in [0.25, 0.3) is 5.91 Å². The highest BCUT2D eigenvalue weighted by Gasteiger charge is 2.09. The molecule has 1 aromatic heterocycles. The van der Waals surface area contributed by atoms with Crippen LogP contribution in [0.4, 0.5) is 5.69 Å². The van der Waals surface area contributed by atoms with E-state index in [2.05, 4.69) is 10.3 Å². The van der Waals surface area contributed by atoms with E-state index in [9.17, 15) is 9.90 Å². The number of rotatable bonds is 2. The van der Waals surface area contributed by atoms with Gasteiger partial charge >= 0.3 is 0 Å². The van der Waals surface area contributed by atoms with E-state index in [1.807, 2.05) is 13.0 Å². The molecule has 1 heterocycles. The summed E-state index contributed by atoms with van der Waals surface area (Å²) in [6.45, 7) is 1.91. The highest BCUT2D eigenvalue weighted by Crippen LogP contribution is 2.23. The molecule has 4 nitrogen and oxygen atoms in total. The van der Waals surface area contributed by atoms with Crippen molar-refractivity contribution in [3.8, 4) is 5.75 Å². The third-order valence-electron chi connectivity index (χ3n) is 2.36. The van der Waals surface area contributed by atoms with Gasteiger partial charge in [-0.05, 0) is 30.7 Å². The number of aryl methyl sites for hydroxylation is 1. The first-order valence-corrected chi connectivity index (χ1v) is 5.65. The standard InChI is InChI=1S/C13H11ClN2O2/c1-8-2-3-12(11(14)4-8)16-13(18)9-5-10(17)7-15-6-9/h2-7,17H,1H3,(H,16,18). The molecule has 1 aromatic carbocycles. The molecular formula is C13H11ClN2O2. The maximum atomic E-state index is 11.9. The number of nitrogens with one attached hydrogen (secondary N) is 1. The van der Waals surface area contributed by atoms with E-state index in [1.165, 1.54) is 18.5 Å². The van der Waals surface area contributed by atoms with Gasteiger partial charge in [-0.25, -0.2) is 0 Å². The van der Waals surface area contributed by atoms with Crippen LogP contribution in [-0.4, -0.2) is 16.0 Å². The number of nitrogens with zero attached hydrogens (tertiary/aromatic N) is 1. The SMILES string of the molecule is Cc1ccc(NC(=O)c2cncc(O)c2)c(Cl)c1. The highest BCUT2D eigenvalue weighted by molar-refractivity contribution is 6.34. The van der Waals surface area contributed by atoms with Crippen LogP contribution < -0.4 is 5.32 Å². The molecular weight excluding hydrogens is 252 g/mol. The minimum atomic E-state index is -0.371. The second-order valence-electron chi connectivity index (χ2n) is 3.87. The van der Waals surface area contributed by atoms with Gasteiger partial charge in [-0.2, -0.15) is 0 Å². The maximum absolute atomic E-state index is 11.9. The number of aromatic hydroxyl groups is 1. The molecule has 5 heteroatoms. The minimum Gasteiger partial charge on any atom is -0.506 e. The van der Waals surface area contributed by atoms with Gasteiger partial charge < -0.3 is 10.4 Å². The molecule has 2 N–H and O–H groups in total. The van der Waals surface area contributed by atoms with Crippen molar-refractivity contribution in [2.24, 2.45) is 0 Å². The first-order valence-electron chi connectivity index (χ1n) is 5.28. The molecule has 0 radical (unpaired) electrons. The van der Waals surface area contributed by atoms with Gasteiger partial charge in [0, 0.05) is 6.20 Å². The number of amides is 1. The van der Waals surface area contributed by atoms with Gasteiger partial charge in [0.05, 0.1) is 22.5 Å². The number of pyridine rings is 1. The zero-order chi connectivity index (χ0) is 13.1. The molecule has 0 unspecified atom stereocenters. The third kappa shape index (κ3) is 2.78. The molecule has 1 amide bonds. The Morgan fingerprint density at radius 3 is 2.78 bits per heavy atom. The van der Waals surface area contributed by atoms with Crippen molar-refractivity contribution in [3.63, 3.8) is 0 Å². The van der Waals surface area contributed by atoms with Crippen LogP contribution >= 0.6 is 11.6 Å². The van der Waals surface area contributed by atoms with Gasteiger partial charge in [0.2, 0.25) is 0 Å². The molecule has 0 atom stereocenters. The molecule has 0 saturated heterocycles. The average molecular weight is 263 g/mol. The maximum Gasteiger partial charge on any atom is 0.257 e. The van der Waals surface area contributed by atoms with E-state index < -0.39 is 0 Å². The molecule has 2 aromatic rings. The van der Waals surface area contributed by atoms with Gasteiger partial charge in [0.15, 0.2) is 0 Å². The lowest BCUT2D eigenvalue weighted by Gasteiger charge is -2.07. The van der Waals surface area contributed by atoms with Crippen molar-refractivity contribution in [1.29, 1.82) is 0 Å². The summed E-state index contributed by atoms with van der Waals surface area (Å²) < 4.78 is 0. The van der Waals surface area contributed by atoms with Crippen molar-refractivity contribution in [3.05, 3.63) is 52.8 Å². The normalized spacial score (nSPS) is 10.1. The van der Waals surface area contributed by atoms with Crippen LogP contribution in [-0.2, 0) is 0 Å². The average Bonchev–Trinajstić information content (AvgIpc) is 2.32. The second-order valence-corrected chi connectivity index (χ2v) is 4.28. The molecule has 0 saturated carbocycles. The van der Waals surface area contributed by atoms with Crippen LogP contribution in [0.15, 0.2) is 36.7 Å². The third-order valence-corrected chi connectivity index (χ3v) is 2.67. The molecule has 0 aliphatic carbocycles. The van der Waals surface area contributed by atoms with E-state index in [0.717, 1.165) is 5.56 Å². The number of halogens is 1. The number of carbonyl (C=O) groups is 1. The first kappa shape index (κ1) is 12.4. The Labute approximate surface area is 109 Å². The largest absolute Gasteiger partial charge is 0.506 e. The first-order chi connectivity index (χ1) is 8.56. The van der Waals surface area contributed by atoms with Gasteiger partial charge in [-0.15, -0.1) is 0 Å². The molecule has 92 valence electrons. The van der Waals surface area contributed by atoms with Crippen molar-refractivity contribution in [2.75, 3.05) is 5.32 Å². The Balaban J connectivity index is 2.21. The van der Waals surface area contributed by atoms with Crippen LogP contribution in [0.5, 0.6) is 5.75 Å².